The van der Waals surface area contributed by atoms with Crippen LogP contribution in [0.2, 0.25) is 0 Å². The molecule has 38 heavy (non-hydrogen) atoms. The molecule has 4 heterocycles. The molecule has 0 saturated carbocycles. The molecule has 1 atom stereocenters. The summed E-state index contributed by atoms with van der Waals surface area (Å²) in [6.07, 6.45) is 3.86. The maximum atomic E-state index is 12.9. The molecule has 1 aliphatic rings. The molecule has 0 unspecified atom stereocenters. The van der Waals surface area contributed by atoms with E-state index in [1.165, 1.54) is 6.08 Å². The van der Waals surface area contributed by atoms with E-state index in [0.717, 1.165) is 28.5 Å². The van der Waals surface area contributed by atoms with Gasteiger partial charge >= 0.3 is 0 Å². The first-order valence-electron chi connectivity index (χ1n) is 12.4. The van der Waals surface area contributed by atoms with Crippen LogP contribution in [0, 0.1) is 6.92 Å². The average Bonchev–Trinajstić information content (AvgIpc) is 3.65. The van der Waals surface area contributed by atoms with Crippen LogP contribution in [0.4, 0.5) is 11.5 Å². The highest BCUT2D eigenvalue weighted by atomic mass is 16.5. The van der Waals surface area contributed by atoms with Gasteiger partial charge < -0.3 is 20.1 Å². The van der Waals surface area contributed by atoms with Crippen molar-refractivity contribution in [3.8, 4) is 11.1 Å². The quantitative estimate of drug-likeness (QED) is 0.327. The molecule has 1 aliphatic heterocycles. The van der Waals surface area contributed by atoms with Gasteiger partial charge in [-0.25, -0.2) is 4.98 Å². The molecule has 1 aromatic carbocycles. The minimum Gasteiger partial charge on any atom is -0.363 e. The van der Waals surface area contributed by atoms with E-state index >= 15 is 0 Å². The van der Waals surface area contributed by atoms with E-state index in [4.69, 9.17) is 4.52 Å². The number of benzene rings is 1. The molecular weight excluding hydrogens is 484 g/mol. The number of fused-ring (bicyclic) bond motifs is 1. The van der Waals surface area contributed by atoms with E-state index < -0.39 is 5.91 Å². The second-order valence-electron chi connectivity index (χ2n) is 10.4. The lowest BCUT2D eigenvalue weighted by Gasteiger charge is -2.16. The number of hydrogen-bond donors (Lipinski definition) is 3. The Morgan fingerprint density at radius 2 is 2.05 bits per heavy atom. The van der Waals surface area contributed by atoms with Gasteiger partial charge in [-0.05, 0) is 48.2 Å². The third-order valence-electron chi connectivity index (χ3n) is 6.62. The number of aromatic nitrogens is 5. The van der Waals surface area contributed by atoms with E-state index in [0.29, 0.717) is 36.1 Å². The van der Waals surface area contributed by atoms with E-state index in [1.54, 1.807) is 11.1 Å². The van der Waals surface area contributed by atoms with Crippen LogP contribution in [-0.4, -0.2) is 61.2 Å². The van der Waals surface area contributed by atoms with Gasteiger partial charge in [-0.15, -0.1) is 0 Å². The van der Waals surface area contributed by atoms with Crippen molar-refractivity contribution in [2.75, 3.05) is 23.7 Å². The zero-order valence-electron chi connectivity index (χ0n) is 21.8. The highest BCUT2D eigenvalue weighted by Gasteiger charge is 2.27. The van der Waals surface area contributed by atoms with Gasteiger partial charge in [0.05, 0.1) is 5.39 Å². The molecule has 0 aliphatic carbocycles. The standard InChI is InChI=1S/C27H30N8O3/c1-6-20(36)35-13-11-16(14-35)29-23-21-18(10-12-28-22(21)32-33-23)17-8-7-9-19(15(17)2)30-25(37)24-31-26(38-34-24)27(3,4)5/h6-10,12,16H,1,11,13-14H2,2-5H3,(H,30,37)(H2,28,29,32,33)/t16-/m1/s1. The van der Waals surface area contributed by atoms with Gasteiger partial charge in [-0.3, -0.25) is 14.7 Å². The van der Waals surface area contributed by atoms with Gasteiger partial charge in [-0.1, -0.05) is 44.6 Å². The fourth-order valence-electron chi connectivity index (χ4n) is 4.54. The second kappa shape index (κ2) is 9.73. The molecule has 11 heteroatoms. The van der Waals surface area contributed by atoms with Gasteiger partial charge in [0.1, 0.15) is 0 Å². The van der Waals surface area contributed by atoms with Gasteiger partial charge in [0.15, 0.2) is 11.5 Å². The zero-order chi connectivity index (χ0) is 27.0. The Hall–Kier alpha value is -4.54. The summed E-state index contributed by atoms with van der Waals surface area (Å²) in [5.74, 6) is 0.513. The lowest BCUT2D eigenvalue weighted by Crippen LogP contribution is -2.30. The molecule has 2 amide bonds. The number of rotatable bonds is 6. The van der Waals surface area contributed by atoms with E-state index in [1.807, 2.05) is 52.0 Å². The Bertz CT molecular complexity index is 1530. The first-order valence-corrected chi connectivity index (χ1v) is 12.4. The minimum absolute atomic E-state index is 0.0205. The third kappa shape index (κ3) is 4.74. The van der Waals surface area contributed by atoms with Crippen LogP contribution < -0.4 is 10.6 Å². The largest absolute Gasteiger partial charge is 0.363 e. The summed E-state index contributed by atoms with van der Waals surface area (Å²) in [6, 6.07) is 7.68. The highest BCUT2D eigenvalue weighted by molar-refractivity contribution is 6.04. The van der Waals surface area contributed by atoms with Crippen LogP contribution in [0.15, 0.2) is 47.6 Å². The molecule has 3 aromatic heterocycles. The van der Waals surface area contributed by atoms with Crippen molar-refractivity contribution >= 4 is 34.4 Å². The normalized spacial score (nSPS) is 15.6. The van der Waals surface area contributed by atoms with E-state index in [-0.39, 0.29) is 23.2 Å². The molecule has 4 aromatic rings. The number of anilines is 2. The molecule has 1 fully saturated rings. The molecule has 1 saturated heterocycles. The van der Waals surface area contributed by atoms with Crippen molar-refractivity contribution in [1.29, 1.82) is 0 Å². The van der Waals surface area contributed by atoms with Crippen LogP contribution in [-0.2, 0) is 10.2 Å². The Morgan fingerprint density at radius 3 is 2.79 bits per heavy atom. The van der Waals surface area contributed by atoms with Crippen molar-refractivity contribution in [2.24, 2.45) is 0 Å². The maximum Gasteiger partial charge on any atom is 0.297 e. The van der Waals surface area contributed by atoms with Crippen molar-refractivity contribution < 1.29 is 14.1 Å². The van der Waals surface area contributed by atoms with E-state index in [9.17, 15) is 9.59 Å². The van der Waals surface area contributed by atoms with Crippen molar-refractivity contribution in [3.63, 3.8) is 0 Å². The van der Waals surface area contributed by atoms with Crippen molar-refractivity contribution in [3.05, 3.63) is 60.4 Å². The Labute approximate surface area is 219 Å². The van der Waals surface area contributed by atoms with Crippen molar-refractivity contribution in [1.82, 2.24) is 30.2 Å². The first-order chi connectivity index (χ1) is 18.2. The number of hydrogen-bond acceptors (Lipinski definition) is 8. The van der Waals surface area contributed by atoms with Crippen LogP contribution in [0.25, 0.3) is 22.2 Å². The number of aromatic amines is 1. The average molecular weight is 515 g/mol. The monoisotopic (exact) mass is 514 g/mol. The van der Waals surface area contributed by atoms with Gasteiger partial charge in [0, 0.05) is 36.4 Å². The van der Waals surface area contributed by atoms with E-state index in [2.05, 4.69) is 42.5 Å². The summed E-state index contributed by atoms with van der Waals surface area (Å²) < 4.78 is 5.27. The smallest absolute Gasteiger partial charge is 0.297 e. The predicted octanol–water partition coefficient (Wildman–Crippen LogP) is 4.06. The molecule has 5 rings (SSSR count). The molecule has 0 spiro atoms. The van der Waals surface area contributed by atoms with Crippen LogP contribution in [0.5, 0.6) is 0 Å². The topological polar surface area (TPSA) is 142 Å². The predicted molar refractivity (Wildman–Crippen MR) is 144 cm³/mol. The zero-order valence-corrected chi connectivity index (χ0v) is 21.8. The number of H-pyrrole nitrogens is 1. The van der Waals surface area contributed by atoms with Gasteiger partial charge in [0.2, 0.25) is 11.8 Å². The summed E-state index contributed by atoms with van der Waals surface area (Å²) in [6.45, 7) is 12.6. The maximum absolute atomic E-state index is 12.9. The van der Waals surface area contributed by atoms with Crippen LogP contribution >= 0.6 is 0 Å². The number of carbonyl (C=O) groups is 2. The Balaban J connectivity index is 1.43. The third-order valence-corrected chi connectivity index (χ3v) is 6.62. The lowest BCUT2D eigenvalue weighted by molar-refractivity contribution is -0.125. The van der Waals surface area contributed by atoms with Gasteiger partial charge in [0.25, 0.3) is 11.7 Å². The molecular formula is C27H30N8O3. The number of nitrogens with one attached hydrogen (secondary N) is 3. The number of amides is 2. The number of nitrogens with zero attached hydrogens (tertiary/aromatic N) is 5. The van der Waals surface area contributed by atoms with Crippen molar-refractivity contribution in [2.45, 2.75) is 45.6 Å². The summed E-state index contributed by atoms with van der Waals surface area (Å²) >= 11 is 0. The fourth-order valence-corrected chi connectivity index (χ4v) is 4.54. The SMILES string of the molecule is C=CC(=O)N1CC[C@@H](Nc2n[nH]c3nccc(-c4cccc(NC(=O)c5noc(C(C)(C)C)n5)c4C)c23)C1. The van der Waals surface area contributed by atoms with Crippen LogP contribution in [0.1, 0.15) is 49.3 Å². The molecule has 11 nitrogen and oxygen atoms in total. The molecule has 196 valence electrons. The number of carbonyl (C=O) groups excluding carboxylic acids is 2. The summed E-state index contributed by atoms with van der Waals surface area (Å²) in [5, 5.41) is 18.6. The fraction of sp³-hybridized carbons (Fsp3) is 0.333. The highest BCUT2D eigenvalue weighted by Crippen LogP contribution is 2.36. The second-order valence-corrected chi connectivity index (χ2v) is 10.4. The Kier molecular flexibility index (Phi) is 6.43. The first kappa shape index (κ1) is 25.1. The summed E-state index contributed by atoms with van der Waals surface area (Å²) in [4.78, 5) is 35.4. The molecule has 0 radical (unpaired) electrons. The molecule has 3 N–H and O–H groups in total. The minimum atomic E-state index is -0.449. The van der Waals surface area contributed by atoms with Crippen LogP contribution in [0.3, 0.4) is 0 Å². The number of pyridine rings is 1. The Morgan fingerprint density at radius 1 is 1.24 bits per heavy atom. The lowest BCUT2D eigenvalue weighted by atomic mass is 9.97. The van der Waals surface area contributed by atoms with Gasteiger partial charge in [-0.2, -0.15) is 10.1 Å². The molecule has 0 bridgehead atoms. The summed E-state index contributed by atoms with van der Waals surface area (Å²) in [5.41, 5.74) is 3.60. The summed E-state index contributed by atoms with van der Waals surface area (Å²) in [7, 11) is 0. The number of likely N-dealkylation sites (tertiary alicyclic amines) is 1.